The molecule has 0 spiro atoms. The van der Waals surface area contributed by atoms with Crippen LogP contribution < -0.4 is 5.73 Å². The lowest BCUT2D eigenvalue weighted by atomic mass is 9.98. The molecule has 0 aromatic heterocycles. The first-order valence-electron chi connectivity index (χ1n) is 5.21. The molecule has 1 saturated carbocycles. The van der Waals surface area contributed by atoms with E-state index in [0.717, 1.165) is 18.8 Å². The summed E-state index contributed by atoms with van der Waals surface area (Å²) in [7, 11) is 0. The Morgan fingerprint density at radius 1 is 1.25 bits per heavy atom. The monoisotopic (exact) mass is 171 g/mol. The molecule has 72 valence electrons. The van der Waals surface area contributed by atoms with E-state index in [-0.39, 0.29) is 6.10 Å². The van der Waals surface area contributed by atoms with Gasteiger partial charge in [0.1, 0.15) is 0 Å². The summed E-state index contributed by atoms with van der Waals surface area (Å²) in [6.45, 7) is 0.617. The highest BCUT2D eigenvalue weighted by molar-refractivity contribution is 4.69. The third-order valence-electron chi connectivity index (χ3n) is 2.88. The van der Waals surface area contributed by atoms with E-state index in [1.807, 2.05) is 0 Å². The van der Waals surface area contributed by atoms with Gasteiger partial charge >= 0.3 is 0 Å². The van der Waals surface area contributed by atoms with Crippen molar-refractivity contribution < 1.29 is 5.11 Å². The summed E-state index contributed by atoms with van der Waals surface area (Å²) in [5.41, 5.74) is 5.35. The van der Waals surface area contributed by atoms with E-state index < -0.39 is 0 Å². The average Bonchev–Trinajstić information content (AvgIpc) is 2.53. The molecule has 0 aromatic rings. The number of rotatable bonds is 5. The SMILES string of the molecule is NCC[C@H](O)CCC1CCCC1. The normalized spacial score (nSPS) is 21.5. The number of aliphatic hydroxyl groups excluding tert-OH is 1. The van der Waals surface area contributed by atoms with E-state index in [1.165, 1.54) is 32.1 Å². The molecular formula is C10H21NO. The molecule has 0 saturated heterocycles. The van der Waals surface area contributed by atoms with Crippen LogP contribution in [-0.2, 0) is 0 Å². The summed E-state index contributed by atoms with van der Waals surface area (Å²) >= 11 is 0. The third kappa shape index (κ3) is 3.55. The van der Waals surface area contributed by atoms with Crippen LogP contribution in [0.5, 0.6) is 0 Å². The molecule has 0 aliphatic heterocycles. The maximum atomic E-state index is 9.43. The Morgan fingerprint density at radius 2 is 1.92 bits per heavy atom. The second-order valence-electron chi connectivity index (χ2n) is 3.96. The molecule has 0 heterocycles. The molecule has 0 unspecified atom stereocenters. The van der Waals surface area contributed by atoms with Crippen LogP contribution in [0.4, 0.5) is 0 Å². The number of nitrogens with two attached hydrogens (primary N) is 1. The molecule has 3 N–H and O–H groups in total. The Kier molecular flexibility index (Phi) is 4.62. The topological polar surface area (TPSA) is 46.2 Å². The van der Waals surface area contributed by atoms with Crippen molar-refractivity contribution in [1.82, 2.24) is 0 Å². The van der Waals surface area contributed by atoms with Gasteiger partial charge in [0.2, 0.25) is 0 Å². The molecule has 0 aromatic carbocycles. The maximum absolute atomic E-state index is 9.43. The predicted molar refractivity (Wildman–Crippen MR) is 50.9 cm³/mol. The van der Waals surface area contributed by atoms with Crippen LogP contribution in [-0.4, -0.2) is 17.8 Å². The van der Waals surface area contributed by atoms with Gasteiger partial charge in [-0.3, -0.25) is 0 Å². The second-order valence-corrected chi connectivity index (χ2v) is 3.96. The van der Waals surface area contributed by atoms with E-state index in [9.17, 15) is 5.11 Å². The molecule has 1 aliphatic rings. The van der Waals surface area contributed by atoms with Gasteiger partial charge in [-0.2, -0.15) is 0 Å². The van der Waals surface area contributed by atoms with Gasteiger partial charge in [0.05, 0.1) is 6.10 Å². The van der Waals surface area contributed by atoms with E-state index in [1.54, 1.807) is 0 Å². The van der Waals surface area contributed by atoms with Crippen molar-refractivity contribution in [3.8, 4) is 0 Å². The third-order valence-corrected chi connectivity index (χ3v) is 2.88. The standard InChI is InChI=1S/C10H21NO/c11-8-7-10(12)6-5-9-3-1-2-4-9/h9-10,12H,1-8,11H2/t10-/m1/s1. The summed E-state index contributed by atoms with van der Waals surface area (Å²) in [5, 5.41) is 9.43. The molecule has 1 atom stereocenters. The molecule has 2 heteroatoms. The molecule has 1 aliphatic carbocycles. The average molecular weight is 171 g/mol. The largest absolute Gasteiger partial charge is 0.393 e. The van der Waals surface area contributed by atoms with Gasteiger partial charge in [-0.25, -0.2) is 0 Å². The first kappa shape index (κ1) is 10.0. The quantitative estimate of drug-likeness (QED) is 0.661. The summed E-state index contributed by atoms with van der Waals surface area (Å²) in [6.07, 6.45) is 8.37. The Balaban J connectivity index is 1.99. The van der Waals surface area contributed by atoms with E-state index in [0.29, 0.717) is 6.54 Å². The number of hydrogen-bond donors (Lipinski definition) is 2. The van der Waals surface area contributed by atoms with Gasteiger partial charge in [0.25, 0.3) is 0 Å². The van der Waals surface area contributed by atoms with Gasteiger partial charge in [0, 0.05) is 0 Å². The molecule has 12 heavy (non-hydrogen) atoms. The second kappa shape index (κ2) is 5.55. The van der Waals surface area contributed by atoms with E-state index in [2.05, 4.69) is 0 Å². The zero-order chi connectivity index (χ0) is 8.81. The first-order chi connectivity index (χ1) is 5.83. The summed E-state index contributed by atoms with van der Waals surface area (Å²) in [6, 6.07) is 0. The van der Waals surface area contributed by atoms with Gasteiger partial charge in [-0.1, -0.05) is 25.7 Å². The van der Waals surface area contributed by atoms with Crippen molar-refractivity contribution in [2.45, 2.75) is 51.0 Å². The minimum Gasteiger partial charge on any atom is -0.393 e. The van der Waals surface area contributed by atoms with Crippen LogP contribution in [0.25, 0.3) is 0 Å². The highest BCUT2D eigenvalue weighted by atomic mass is 16.3. The number of hydrogen-bond acceptors (Lipinski definition) is 2. The van der Waals surface area contributed by atoms with Crippen molar-refractivity contribution in [3.05, 3.63) is 0 Å². The van der Waals surface area contributed by atoms with Crippen molar-refractivity contribution in [3.63, 3.8) is 0 Å². The lowest BCUT2D eigenvalue weighted by Gasteiger charge is -2.12. The summed E-state index contributed by atoms with van der Waals surface area (Å²) in [4.78, 5) is 0. The molecule has 0 radical (unpaired) electrons. The van der Waals surface area contributed by atoms with Crippen LogP contribution in [0.2, 0.25) is 0 Å². The summed E-state index contributed by atoms with van der Waals surface area (Å²) < 4.78 is 0. The molecule has 2 nitrogen and oxygen atoms in total. The molecule has 1 rings (SSSR count). The van der Waals surface area contributed by atoms with Crippen LogP contribution in [0, 0.1) is 5.92 Å². The van der Waals surface area contributed by atoms with E-state index >= 15 is 0 Å². The fourth-order valence-electron chi connectivity index (χ4n) is 2.06. The first-order valence-corrected chi connectivity index (χ1v) is 5.21. The Bertz CT molecular complexity index is 110. The van der Waals surface area contributed by atoms with Gasteiger partial charge in [0.15, 0.2) is 0 Å². The van der Waals surface area contributed by atoms with Crippen LogP contribution in [0.1, 0.15) is 44.9 Å². The minimum absolute atomic E-state index is 0.143. The predicted octanol–water partition coefficient (Wildman–Crippen LogP) is 1.67. The Hall–Kier alpha value is -0.0800. The van der Waals surface area contributed by atoms with Crippen LogP contribution in [0.3, 0.4) is 0 Å². The Morgan fingerprint density at radius 3 is 2.50 bits per heavy atom. The van der Waals surface area contributed by atoms with Crippen LogP contribution >= 0.6 is 0 Å². The molecule has 0 amide bonds. The van der Waals surface area contributed by atoms with Gasteiger partial charge < -0.3 is 10.8 Å². The number of aliphatic hydroxyl groups is 1. The van der Waals surface area contributed by atoms with Crippen molar-refractivity contribution >= 4 is 0 Å². The lowest BCUT2D eigenvalue weighted by Crippen LogP contribution is -2.14. The Labute approximate surface area is 75.2 Å². The summed E-state index contributed by atoms with van der Waals surface area (Å²) in [5.74, 6) is 0.900. The zero-order valence-corrected chi connectivity index (χ0v) is 7.84. The van der Waals surface area contributed by atoms with Crippen molar-refractivity contribution in [2.75, 3.05) is 6.54 Å². The zero-order valence-electron chi connectivity index (χ0n) is 7.84. The fraction of sp³-hybridized carbons (Fsp3) is 1.00. The van der Waals surface area contributed by atoms with Crippen molar-refractivity contribution in [1.29, 1.82) is 0 Å². The molecule has 1 fully saturated rings. The van der Waals surface area contributed by atoms with Crippen LogP contribution in [0.15, 0.2) is 0 Å². The minimum atomic E-state index is -0.143. The van der Waals surface area contributed by atoms with Gasteiger partial charge in [-0.05, 0) is 31.7 Å². The van der Waals surface area contributed by atoms with Gasteiger partial charge in [-0.15, -0.1) is 0 Å². The van der Waals surface area contributed by atoms with Crippen molar-refractivity contribution in [2.24, 2.45) is 11.7 Å². The molecular weight excluding hydrogens is 150 g/mol. The maximum Gasteiger partial charge on any atom is 0.0552 e. The molecule has 0 bridgehead atoms. The highest BCUT2D eigenvalue weighted by Crippen LogP contribution is 2.29. The highest BCUT2D eigenvalue weighted by Gasteiger charge is 2.15. The van der Waals surface area contributed by atoms with E-state index in [4.69, 9.17) is 5.73 Å². The smallest absolute Gasteiger partial charge is 0.0552 e. The lowest BCUT2D eigenvalue weighted by molar-refractivity contribution is 0.147. The fourth-order valence-corrected chi connectivity index (χ4v) is 2.06.